The summed E-state index contributed by atoms with van der Waals surface area (Å²) >= 11 is 0. The van der Waals surface area contributed by atoms with Crippen molar-refractivity contribution in [2.75, 3.05) is 0 Å². The number of hydrogen-bond acceptors (Lipinski definition) is 3. The zero-order valence-electron chi connectivity index (χ0n) is 12.8. The zero-order valence-corrected chi connectivity index (χ0v) is 12.8. The van der Waals surface area contributed by atoms with Crippen LogP contribution in [0.15, 0.2) is 48.5 Å². The van der Waals surface area contributed by atoms with Crippen LogP contribution in [0.3, 0.4) is 0 Å². The number of rotatable bonds is 6. The number of benzene rings is 2. The quantitative estimate of drug-likeness (QED) is 0.848. The summed E-state index contributed by atoms with van der Waals surface area (Å²) in [5.74, 6) is -3.45. The molecule has 0 aliphatic carbocycles. The molecule has 2 aromatic carbocycles. The fourth-order valence-corrected chi connectivity index (χ4v) is 2.03. The van der Waals surface area contributed by atoms with Crippen LogP contribution < -0.4 is 15.8 Å². The Morgan fingerprint density at radius 2 is 1.75 bits per heavy atom. The first kappa shape index (κ1) is 17.4. The number of carbonyl (C=O) groups is 2. The van der Waals surface area contributed by atoms with Gasteiger partial charge in [0.25, 0.3) is 5.91 Å². The summed E-state index contributed by atoms with van der Waals surface area (Å²) in [6.45, 7) is 1.42. The van der Waals surface area contributed by atoms with Crippen LogP contribution in [0.4, 0.5) is 8.78 Å². The normalized spacial score (nSPS) is 13.0. The van der Waals surface area contributed by atoms with E-state index in [-0.39, 0.29) is 5.75 Å². The standard InChI is InChI=1S/C17H16F2N2O3/c1-10(24-12-7-8-13(18)14(19)9-12)17(23)21-15(16(20)22)11-5-3-2-4-6-11/h2-10,15H,1H3,(H2,20,22)(H,21,23)/t10-,15-/m0/s1. The van der Waals surface area contributed by atoms with Gasteiger partial charge in [0, 0.05) is 6.07 Å². The topological polar surface area (TPSA) is 81.4 Å². The summed E-state index contributed by atoms with van der Waals surface area (Å²) < 4.78 is 31.3. The fourth-order valence-electron chi connectivity index (χ4n) is 2.03. The lowest BCUT2D eigenvalue weighted by molar-refractivity contribution is -0.131. The van der Waals surface area contributed by atoms with Crippen LogP contribution in [0.25, 0.3) is 0 Å². The molecule has 0 aromatic heterocycles. The molecule has 2 amide bonds. The Morgan fingerprint density at radius 1 is 1.08 bits per heavy atom. The predicted molar refractivity (Wildman–Crippen MR) is 83.0 cm³/mol. The van der Waals surface area contributed by atoms with Crippen molar-refractivity contribution in [2.45, 2.75) is 19.1 Å². The number of ether oxygens (including phenoxy) is 1. The average Bonchev–Trinajstić information content (AvgIpc) is 2.56. The number of hydrogen-bond donors (Lipinski definition) is 2. The van der Waals surface area contributed by atoms with Crippen molar-refractivity contribution in [3.05, 3.63) is 65.7 Å². The van der Waals surface area contributed by atoms with Crippen LogP contribution in [0, 0.1) is 11.6 Å². The first-order valence-corrected chi connectivity index (χ1v) is 7.15. The molecular weight excluding hydrogens is 318 g/mol. The number of nitrogens with one attached hydrogen (secondary N) is 1. The van der Waals surface area contributed by atoms with E-state index in [0.29, 0.717) is 5.56 Å². The summed E-state index contributed by atoms with van der Waals surface area (Å²) in [7, 11) is 0. The summed E-state index contributed by atoms with van der Waals surface area (Å²) in [4.78, 5) is 23.7. The van der Waals surface area contributed by atoms with Crippen molar-refractivity contribution in [1.82, 2.24) is 5.32 Å². The van der Waals surface area contributed by atoms with Crippen LogP contribution in [0.5, 0.6) is 5.75 Å². The molecule has 0 aliphatic rings. The smallest absolute Gasteiger partial charge is 0.261 e. The van der Waals surface area contributed by atoms with Crippen LogP contribution in [0.2, 0.25) is 0 Å². The van der Waals surface area contributed by atoms with Crippen molar-refractivity contribution in [1.29, 1.82) is 0 Å². The van der Waals surface area contributed by atoms with E-state index >= 15 is 0 Å². The number of primary amides is 1. The molecule has 0 heterocycles. The molecule has 0 bridgehead atoms. The summed E-state index contributed by atoms with van der Waals surface area (Å²) in [5, 5.41) is 2.47. The minimum absolute atomic E-state index is 0.00751. The largest absolute Gasteiger partial charge is 0.481 e. The van der Waals surface area contributed by atoms with Crippen LogP contribution in [-0.2, 0) is 9.59 Å². The van der Waals surface area contributed by atoms with Crippen molar-refractivity contribution in [3.63, 3.8) is 0 Å². The molecular formula is C17H16F2N2O3. The molecule has 126 valence electrons. The average molecular weight is 334 g/mol. The lowest BCUT2D eigenvalue weighted by Crippen LogP contribution is -2.43. The Morgan fingerprint density at radius 3 is 2.33 bits per heavy atom. The molecule has 0 saturated heterocycles. The Balaban J connectivity index is 2.06. The highest BCUT2D eigenvalue weighted by atomic mass is 19.2. The number of nitrogens with two attached hydrogens (primary N) is 1. The van der Waals surface area contributed by atoms with Gasteiger partial charge in [0.1, 0.15) is 11.8 Å². The maximum Gasteiger partial charge on any atom is 0.261 e. The second kappa shape index (κ2) is 7.54. The molecule has 0 fully saturated rings. The Hall–Kier alpha value is -2.96. The van der Waals surface area contributed by atoms with Crippen molar-refractivity contribution in [2.24, 2.45) is 5.73 Å². The summed E-state index contributed by atoms with van der Waals surface area (Å²) in [5.41, 5.74) is 5.85. The highest BCUT2D eigenvalue weighted by molar-refractivity contribution is 5.89. The van der Waals surface area contributed by atoms with E-state index < -0.39 is 35.6 Å². The molecule has 7 heteroatoms. The van der Waals surface area contributed by atoms with Crippen LogP contribution in [-0.4, -0.2) is 17.9 Å². The van der Waals surface area contributed by atoms with Gasteiger partial charge >= 0.3 is 0 Å². The van der Waals surface area contributed by atoms with Crippen molar-refractivity contribution >= 4 is 11.8 Å². The molecule has 0 saturated carbocycles. The third-order valence-electron chi connectivity index (χ3n) is 3.28. The zero-order chi connectivity index (χ0) is 17.7. The molecule has 3 N–H and O–H groups in total. The van der Waals surface area contributed by atoms with Crippen molar-refractivity contribution < 1.29 is 23.1 Å². The molecule has 2 aromatic rings. The van der Waals surface area contributed by atoms with Gasteiger partial charge in [0.15, 0.2) is 17.7 Å². The van der Waals surface area contributed by atoms with E-state index in [1.165, 1.54) is 13.0 Å². The fraction of sp³-hybridized carbons (Fsp3) is 0.176. The SMILES string of the molecule is C[C@H](Oc1ccc(F)c(F)c1)C(=O)N[C@H](C(N)=O)c1ccccc1. The number of halogens is 2. The van der Waals surface area contributed by atoms with Gasteiger partial charge in [0.05, 0.1) is 0 Å². The van der Waals surface area contributed by atoms with Gasteiger partial charge in [-0.25, -0.2) is 8.78 Å². The predicted octanol–water partition coefficient (Wildman–Crippen LogP) is 2.07. The van der Waals surface area contributed by atoms with Gasteiger partial charge in [-0.15, -0.1) is 0 Å². The molecule has 0 spiro atoms. The highest BCUT2D eigenvalue weighted by Crippen LogP contribution is 2.17. The maximum atomic E-state index is 13.2. The van der Waals surface area contributed by atoms with E-state index in [9.17, 15) is 18.4 Å². The summed E-state index contributed by atoms with van der Waals surface area (Å²) in [6, 6.07) is 10.4. The first-order chi connectivity index (χ1) is 11.4. The van der Waals surface area contributed by atoms with Gasteiger partial charge in [-0.2, -0.15) is 0 Å². The second-order valence-electron chi connectivity index (χ2n) is 5.09. The monoisotopic (exact) mass is 334 g/mol. The first-order valence-electron chi connectivity index (χ1n) is 7.15. The summed E-state index contributed by atoms with van der Waals surface area (Å²) in [6.07, 6.45) is -1.04. The van der Waals surface area contributed by atoms with E-state index in [1.807, 2.05) is 0 Å². The Kier molecular flexibility index (Phi) is 5.47. The van der Waals surface area contributed by atoms with Gasteiger partial charge in [-0.1, -0.05) is 30.3 Å². The molecule has 5 nitrogen and oxygen atoms in total. The third-order valence-corrected chi connectivity index (χ3v) is 3.28. The molecule has 2 rings (SSSR count). The number of amides is 2. The highest BCUT2D eigenvalue weighted by Gasteiger charge is 2.24. The van der Waals surface area contributed by atoms with E-state index in [0.717, 1.165) is 12.1 Å². The van der Waals surface area contributed by atoms with Crippen LogP contribution >= 0.6 is 0 Å². The van der Waals surface area contributed by atoms with E-state index in [2.05, 4.69) is 5.32 Å². The van der Waals surface area contributed by atoms with Gasteiger partial charge in [0.2, 0.25) is 5.91 Å². The van der Waals surface area contributed by atoms with Gasteiger partial charge in [-0.3, -0.25) is 9.59 Å². The van der Waals surface area contributed by atoms with Crippen LogP contribution in [0.1, 0.15) is 18.5 Å². The number of carbonyl (C=O) groups excluding carboxylic acids is 2. The van der Waals surface area contributed by atoms with Gasteiger partial charge in [-0.05, 0) is 24.6 Å². The van der Waals surface area contributed by atoms with E-state index in [4.69, 9.17) is 10.5 Å². The van der Waals surface area contributed by atoms with E-state index in [1.54, 1.807) is 30.3 Å². The Bertz CT molecular complexity index is 738. The Labute approximate surface area is 137 Å². The second-order valence-corrected chi connectivity index (χ2v) is 5.09. The maximum absolute atomic E-state index is 13.2. The van der Waals surface area contributed by atoms with Crippen molar-refractivity contribution in [3.8, 4) is 5.75 Å². The molecule has 2 atom stereocenters. The van der Waals surface area contributed by atoms with Gasteiger partial charge < -0.3 is 15.8 Å². The molecule has 0 unspecified atom stereocenters. The molecule has 0 aliphatic heterocycles. The minimum atomic E-state index is -1.08. The molecule has 0 radical (unpaired) electrons. The third kappa shape index (κ3) is 4.28. The lowest BCUT2D eigenvalue weighted by Gasteiger charge is -2.19. The lowest BCUT2D eigenvalue weighted by atomic mass is 10.1. The molecule has 24 heavy (non-hydrogen) atoms. The minimum Gasteiger partial charge on any atom is -0.481 e.